The van der Waals surface area contributed by atoms with E-state index in [2.05, 4.69) is 40.7 Å². The summed E-state index contributed by atoms with van der Waals surface area (Å²) in [5.74, 6) is 1.59. The smallest absolute Gasteiger partial charge is 0.302 e. The van der Waals surface area contributed by atoms with E-state index < -0.39 is 23.2 Å². The molecule has 0 aromatic carbocycles. The molecule has 4 fully saturated rings. The third kappa shape index (κ3) is 4.08. The highest BCUT2D eigenvalue weighted by atomic mass is 16.5. The zero-order valence-corrected chi connectivity index (χ0v) is 22.2. The van der Waals surface area contributed by atoms with Gasteiger partial charge in [0.15, 0.2) is 0 Å². The molecule has 0 amide bonds. The van der Waals surface area contributed by atoms with Gasteiger partial charge in [-0.25, -0.2) is 0 Å². The topological polar surface area (TPSA) is 87.0 Å². The highest BCUT2D eigenvalue weighted by Crippen LogP contribution is 2.69. The summed E-state index contributed by atoms with van der Waals surface area (Å²) in [7, 11) is 0. The van der Waals surface area contributed by atoms with Gasteiger partial charge in [0.2, 0.25) is 0 Å². The van der Waals surface area contributed by atoms with Gasteiger partial charge in [-0.05, 0) is 94.3 Å². The molecule has 5 nitrogen and oxygen atoms in total. The normalized spacial score (nSPS) is 48.8. The first-order valence-electron chi connectivity index (χ1n) is 13.7. The van der Waals surface area contributed by atoms with Gasteiger partial charge in [0.1, 0.15) is 6.10 Å². The maximum Gasteiger partial charge on any atom is 0.302 e. The van der Waals surface area contributed by atoms with Crippen LogP contribution in [0.15, 0.2) is 11.6 Å². The van der Waals surface area contributed by atoms with Crippen molar-refractivity contribution in [3.8, 4) is 0 Å². The molecule has 194 valence electrons. The standard InChI is InChI=1S/C29H48O5/c1-17(2)8-7-9-18(3)22-10-11-23-21-14-25(32)29(33)15-20(31)12-13-28(29,6)26(21)24(34-19(4)30)16-27(22,23)5/h8,18,20-26,31-33H,7,9-16H2,1-6H3/t18-,20?,21+,22-,23+,24?,25?,26-,27-,28-,29?/m1/s1. The molecule has 34 heavy (non-hydrogen) atoms. The van der Waals surface area contributed by atoms with Crippen molar-refractivity contribution in [3.05, 3.63) is 11.6 Å². The van der Waals surface area contributed by atoms with Crippen molar-refractivity contribution < 1.29 is 24.9 Å². The lowest BCUT2D eigenvalue weighted by Crippen LogP contribution is -2.71. The van der Waals surface area contributed by atoms with E-state index in [9.17, 15) is 20.1 Å². The summed E-state index contributed by atoms with van der Waals surface area (Å²) in [6.45, 7) is 12.7. The second-order valence-electron chi connectivity index (χ2n) is 13.2. The number of fused-ring (bicyclic) bond motifs is 5. The molecule has 3 N–H and O–H groups in total. The average molecular weight is 477 g/mol. The van der Waals surface area contributed by atoms with Crippen LogP contribution < -0.4 is 0 Å². The van der Waals surface area contributed by atoms with E-state index in [-0.39, 0.29) is 35.7 Å². The van der Waals surface area contributed by atoms with E-state index in [0.717, 1.165) is 19.3 Å². The molecule has 0 bridgehead atoms. The highest BCUT2D eigenvalue weighted by molar-refractivity contribution is 5.66. The number of aliphatic hydroxyl groups is 3. The fourth-order valence-corrected chi connectivity index (χ4v) is 9.48. The molecule has 4 aliphatic rings. The monoisotopic (exact) mass is 476 g/mol. The molecule has 0 aromatic rings. The van der Waals surface area contributed by atoms with Gasteiger partial charge in [-0.2, -0.15) is 0 Å². The quantitative estimate of drug-likeness (QED) is 0.383. The first kappa shape index (κ1) is 26.2. The maximum atomic E-state index is 12.3. The Hall–Kier alpha value is -0.910. The molecule has 0 heterocycles. The minimum Gasteiger partial charge on any atom is -0.462 e. The number of rotatable bonds is 5. The van der Waals surface area contributed by atoms with Crippen LogP contribution in [0.5, 0.6) is 0 Å². The fraction of sp³-hybridized carbons (Fsp3) is 0.897. The van der Waals surface area contributed by atoms with Gasteiger partial charge in [0.05, 0.1) is 17.8 Å². The summed E-state index contributed by atoms with van der Waals surface area (Å²) in [5.41, 5.74) is -0.491. The van der Waals surface area contributed by atoms with Gasteiger partial charge in [-0.3, -0.25) is 4.79 Å². The van der Waals surface area contributed by atoms with Crippen LogP contribution in [-0.2, 0) is 9.53 Å². The van der Waals surface area contributed by atoms with Gasteiger partial charge in [-0.15, -0.1) is 0 Å². The fourth-order valence-electron chi connectivity index (χ4n) is 9.48. The summed E-state index contributed by atoms with van der Waals surface area (Å²) < 4.78 is 6.09. The Morgan fingerprint density at radius 3 is 2.47 bits per heavy atom. The van der Waals surface area contributed by atoms with Gasteiger partial charge in [0.25, 0.3) is 0 Å². The van der Waals surface area contributed by atoms with Crippen LogP contribution in [0, 0.1) is 40.4 Å². The van der Waals surface area contributed by atoms with Crippen LogP contribution in [0.4, 0.5) is 0 Å². The Morgan fingerprint density at radius 2 is 1.82 bits per heavy atom. The van der Waals surface area contributed by atoms with Crippen molar-refractivity contribution in [3.63, 3.8) is 0 Å². The first-order valence-corrected chi connectivity index (χ1v) is 13.7. The van der Waals surface area contributed by atoms with Crippen molar-refractivity contribution in [2.75, 3.05) is 0 Å². The summed E-state index contributed by atoms with van der Waals surface area (Å²) in [6, 6.07) is 0. The van der Waals surface area contributed by atoms with Gasteiger partial charge < -0.3 is 20.1 Å². The minimum atomic E-state index is -1.34. The predicted molar refractivity (Wildman–Crippen MR) is 133 cm³/mol. The first-order chi connectivity index (χ1) is 15.8. The van der Waals surface area contributed by atoms with E-state index in [1.165, 1.54) is 25.3 Å². The Balaban J connectivity index is 1.68. The second-order valence-corrected chi connectivity index (χ2v) is 13.2. The van der Waals surface area contributed by atoms with Gasteiger partial charge in [-0.1, -0.05) is 32.4 Å². The van der Waals surface area contributed by atoms with Crippen LogP contribution in [0.1, 0.15) is 99.3 Å². The second kappa shape index (κ2) is 9.19. The zero-order chi connectivity index (χ0) is 25.1. The van der Waals surface area contributed by atoms with Crippen LogP contribution in [0.25, 0.3) is 0 Å². The van der Waals surface area contributed by atoms with Gasteiger partial charge >= 0.3 is 5.97 Å². The number of allylic oxidation sites excluding steroid dienone is 2. The molecule has 0 aliphatic heterocycles. The van der Waals surface area contributed by atoms with Crippen molar-refractivity contribution in [2.24, 2.45) is 40.4 Å². The molecule has 0 radical (unpaired) electrons. The molecule has 0 spiro atoms. The molecule has 4 rings (SSSR count). The zero-order valence-electron chi connectivity index (χ0n) is 22.2. The number of hydrogen-bond donors (Lipinski definition) is 3. The summed E-state index contributed by atoms with van der Waals surface area (Å²) in [5, 5.41) is 33.5. The molecule has 4 aliphatic carbocycles. The molecule has 11 atom stereocenters. The molecular formula is C29H48O5. The molecule has 5 heteroatoms. The number of esters is 1. The summed E-state index contributed by atoms with van der Waals surface area (Å²) >= 11 is 0. The maximum absolute atomic E-state index is 12.3. The largest absolute Gasteiger partial charge is 0.462 e. The Bertz CT molecular complexity index is 804. The Labute approximate surface area is 206 Å². The highest BCUT2D eigenvalue weighted by Gasteiger charge is 2.70. The van der Waals surface area contributed by atoms with Crippen molar-refractivity contribution in [2.45, 2.75) is 123 Å². The summed E-state index contributed by atoms with van der Waals surface area (Å²) in [4.78, 5) is 12.3. The number of ether oxygens (including phenoxy) is 1. The van der Waals surface area contributed by atoms with E-state index in [0.29, 0.717) is 37.0 Å². The number of carbonyl (C=O) groups is 1. The van der Waals surface area contributed by atoms with Crippen molar-refractivity contribution in [1.29, 1.82) is 0 Å². The lowest BCUT2D eigenvalue weighted by Gasteiger charge is -2.66. The van der Waals surface area contributed by atoms with Crippen molar-refractivity contribution >= 4 is 5.97 Å². The molecule has 4 saturated carbocycles. The molecule has 0 aromatic heterocycles. The Morgan fingerprint density at radius 1 is 1.12 bits per heavy atom. The van der Waals surface area contributed by atoms with E-state index in [1.807, 2.05) is 0 Å². The average Bonchev–Trinajstić information content (AvgIpc) is 3.06. The summed E-state index contributed by atoms with van der Waals surface area (Å²) in [6.07, 6.45) is 8.05. The van der Waals surface area contributed by atoms with Gasteiger partial charge in [0, 0.05) is 24.7 Å². The third-order valence-corrected chi connectivity index (χ3v) is 11.0. The molecule has 0 saturated heterocycles. The number of hydrogen-bond acceptors (Lipinski definition) is 5. The van der Waals surface area contributed by atoms with E-state index in [1.54, 1.807) is 0 Å². The SMILES string of the molecule is CC(=O)OC1C[C@]2(C)[C@@H]([C@H](C)CCC=C(C)C)CC[C@H]2[C@@H]2CC(O)C3(O)CC(O)CC[C@]3(C)[C@@H]12. The van der Waals surface area contributed by atoms with E-state index in [4.69, 9.17) is 4.74 Å². The minimum absolute atomic E-state index is 0.00936. The van der Waals surface area contributed by atoms with Crippen LogP contribution >= 0.6 is 0 Å². The van der Waals surface area contributed by atoms with Crippen LogP contribution in [0.2, 0.25) is 0 Å². The van der Waals surface area contributed by atoms with Crippen molar-refractivity contribution in [1.82, 2.24) is 0 Å². The third-order valence-electron chi connectivity index (χ3n) is 11.0. The molecule has 4 unspecified atom stereocenters. The van der Waals surface area contributed by atoms with Crippen LogP contribution in [0.3, 0.4) is 0 Å². The number of carbonyl (C=O) groups excluding carboxylic acids is 1. The Kier molecular flexibility index (Phi) is 7.07. The van der Waals surface area contributed by atoms with E-state index >= 15 is 0 Å². The lowest BCUT2D eigenvalue weighted by molar-refractivity contribution is -0.284. The predicted octanol–water partition coefficient (Wildman–Crippen LogP) is 5.02. The van der Waals surface area contributed by atoms with Crippen LogP contribution in [-0.4, -0.2) is 45.2 Å². The lowest BCUT2D eigenvalue weighted by atomic mass is 9.41. The number of aliphatic hydroxyl groups excluding tert-OH is 2. The molecular weight excluding hydrogens is 428 g/mol.